The average molecular weight is 352 g/mol. The minimum atomic E-state index is -0.694. The Morgan fingerprint density at radius 2 is 2.04 bits per heavy atom. The summed E-state index contributed by atoms with van der Waals surface area (Å²) >= 11 is 1.24. The van der Waals surface area contributed by atoms with Crippen LogP contribution in [0.1, 0.15) is 25.5 Å². The molecule has 0 aromatic heterocycles. The van der Waals surface area contributed by atoms with Crippen LogP contribution in [0.5, 0.6) is 0 Å². The fourth-order valence-corrected chi connectivity index (χ4v) is 2.49. The molecule has 0 aliphatic carbocycles. The Morgan fingerprint density at radius 3 is 2.58 bits per heavy atom. The molecule has 0 aliphatic rings. The topological polar surface area (TPSA) is 71.3 Å². The van der Waals surface area contributed by atoms with Crippen LogP contribution in [0.15, 0.2) is 34.9 Å². The second kappa shape index (κ2) is 10.7. The summed E-state index contributed by atoms with van der Waals surface area (Å²) in [6.45, 7) is 4.61. The first-order valence-electron chi connectivity index (χ1n) is 7.48. The number of nitrogens with one attached hydrogen (secondary N) is 1. The van der Waals surface area contributed by atoms with Gasteiger partial charge in [0.1, 0.15) is 18.5 Å². The van der Waals surface area contributed by atoms with Crippen LogP contribution in [0.4, 0.5) is 4.39 Å². The third kappa shape index (κ3) is 6.22. The highest BCUT2D eigenvalue weighted by Crippen LogP contribution is 2.21. The molecule has 0 radical (unpaired) electrons. The van der Waals surface area contributed by atoms with E-state index in [1.807, 2.05) is 19.9 Å². The summed E-state index contributed by atoms with van der Waals surface area (Å²) in [7, 11) is 0. The Morgan fingerprint density at radius 1 is 1.38 bits per heavy atom. The molecule has 0 aliphatic heterocycles. The predicted molar refractivity (Wildman–Crippen MR) is 91.6 cm³/mol. The van der Waals surface area contributed by atoms with E-state index in [2.05, 4.69) is 5.32 Å². The molecule has 0 fully saturated rings. The number of rotatable bonds is 9. The maximum atomic E-state index is 13.0. The van der Waals surface area contributed by atoms with Crippen LogP contribution in [-0.2, 0) is 14.3 Å². The summed E-state index contributed by atoms with van der Waals surface area (Å²) in [5, 5.41) is 12.8. The molecule has 1 aromatic carbocycles. The summed E-state index contributed by atoms with van der Waals surface area (Å²) in [5.41, 5.74) is 0.748. The molecule has 0 amide bonds. The molecular weight excluding hydrogens is 331 g/mol. The van der Waals surface area contributed by atoms with Crippen LogP contribution in [0, 0.1) is 17.1 Å². The first-order valence-corrected chi connectivity index (χ1v) is 8.71. The van der Waals surface area contributed by atoms with Crippen molar-refractivity contribution in [2.45, 2.75) is 19.9 Å². The number of nitriles is 1. The molecule has 0 spiro atoms. The van der Waals surface area contributed by atoms with E-state index in [1.165, 1.54) is 23.9 Å². The Kier molecular flexibility index (Phi) is 8.90. The lowest BCUT2D eigenvalue weighted by Crippen LogP contribution is -2.21. The molecule has 0 bridgehead atoms. The molecule has 0 heterocycles. The standard InChI is InChI=1S/C17H21FN2O3S/c1-4-22-9-10-23-17(21)15(11-19)16(24-3)20-12(2)13-5-7-14(18)8-6-13/h5-8,12,20H,4,9-10H2,1-3H3/b16-15+/t12-/m0/s1. The average Bonchev–Trinajstić information content (AvgIpc) is 2.58. The Hall–Kier alpha value is -2.04. The molecule has 130 valence electrons. The number of hydrogen-bond donors (Lipinski definition) is 1. The highest BCUT2D eigenvalue weighted by atomic mass is 32.2. The first-order chi connectivity index (χ1) is 11.5. The first kappa shape index (κ1) is 20.0. The van der Waals surface area contributed by atoms with E-state index >= 15 is 0 Å². The van der Waals surface area contributed by atoms with Crippen LogP contribution < -0.4 is 5.32 Å². The fraction of sp³-hybridized carbons (Fsp3) is 0.412. The van der Waals surface area contributed by atoms with Crippen LogP contribution in [0.2, 0.25) is 0 Å². The molecular formula is C17H21FN2O3S. The van der Waals surface area contributed by atoms with Gasteiger partial charge in [0.2, 0.25) is 0 Å². The lowest BCUT2D eigenvalue weighted by Gasteiger charge is -2.18. The lowest BCUT2D eigenvalue weighted by atomic mass is 10.1. The van der Waals surface area contributed by atoms with Crippen molar-refractivity contribution < 1.29 is 18.7 Å². The van der Waals surface area contributed by atoms with Crippen molar-refractivity contribution in [1.29, 1.82) is 5.26 Å². The van der Waals surface area contributed by atoms with Gasteiger partial charge >= 0.3 is 5.97 Å². The zero-order valence-corrected chi connectivity index (χ0v) is 14.8. The molecule has 1 atom stereocenters. The number of halogens is 1. The van der Waals surface area contributed by atoms with Gasteiger partial charge < -0.3 is 14.8 Å². The zero-order chi connectivity index (χ0) is 17.9. The van der Waals surface area contributed by atoms with Crippen LogP contribution in [0.3, 0.4) is 0 Å². The number of carbonyl (C=O) groups is 1. The van der Waals surface area contributed by atoms with Gasteiger partial charge in [0.15, 0.2) is 5.57 Å². The van der Waals surface area contributed by atoms with Crippen LogP contribution in [0.25, 0.3) is 0 Å². The van der Waals surface area contributed by atoms with Crippen molar-refractivity contribution in [3.05, 3.63) is 46.2 Å². The number of benzene rings is 1. The zero-order valence-electron chi connectivity index (χ0n) is 14.0. The quantitative estimate of drug-likeness (QED) is 0.319. The monoisotopic (exact) mass is 352 g/mol. The van der Waals surface area contributed by atoms with E-state index in [-0.39, 0.29) is 30.6 Å². The third-order valence-corrected chi connectivity index (χ3v) is 3.86. The van der Waals surface area contributed by atoms with Crippen molar-refractivity contribution in [3.63, 3.8) is 0 Å². The van der Waals surface area contributed by atoms with E-state index in [0.29, 0.717) is 11.6 Å². The summed E-state index contributed by atoms with van der Waals surface area (Å²) in [6, 6.07) is 7.71. The lowest BCUT2D eigenvalue weighted by molar-refractivity contribution is -0.140. The van der Waals surface area contributed by atoms with Gasteiger partial charge in [-0.25, -0.2) is 9.18 Å². The molecule has 1 aromatic rings. The molecule has 24 heavy (non-hydrogen) atoms. The molecule has 0 unspecified atom stereocenters. The van der Waals surface area contributed by atoms with Gasteiger partial charge in [0.25, 0.3) is 0 Å². The van der Waals surface area contributed by atoms with E-state index in [0.717, 1.165) is 5.56 Å². The number of thioether (sulfide) groups is 1. The normalized spacial score (nSPS) is 12.8. The predicted octanol–water partition coefficient (Wildman–Crippen LogP) is 3.15. The Labute approximate surface area is 145 Å². The highest BCUT2D eigenvalue weighted by Gasteiger charge is 2.18. The van der Waals surface area contributed by atoms with Gasteiger partial charge in [-0.05, 0) is 37.8 Å². The summed E-state index contributed by atoms with van der Waals surface area (Å²) in [4.78, 5) is 12.0. The molecule has 0 saturated carbocycles. The number of hydrogen-bond acceptors (Lipinski definition) is 6. The van der Waals surface area contributed by atoms with Crippen molar-refractivity contribution in [3.8, 4) is 6.07 Å². The van der Waals surface area contributed by atoms with Crippen molar-refractivity contribution >= 4 is 17.7 Å². The number of esters is 1. The van der Waals surface area contributed by atoms with Gasteiger partial charge in [0.05, 0.1) is 11.6 Å². The van der Waals surface area contributed by atoms with E-state index < -0.39 is 5.97 Å². The molecule has 1 rings (SSSR count). The van der Waals surface area contributed by atoms with Gasteiger partial charge in [-0.15, -0.1) is 11.8 Å². The summed E-state index contributed by atoms with van der Waals surface area (Å²) in [6.07, 6.45) is 1.75. The third-order valence-electron chi connectivity index (χ3n) is 3.13. The summed E-state index contributed by atoms with van der Waals surface area (Å²) < 4.78 is 23.1. The molecule has 1 N–H and O–H groups in total. The van der Waals surface area contributed by atoms with Gasteiger partial charge in [-0.1, -0.05) is 12.1 Å². The SMILES string of the molecule is CCOCCOC(=O)/C(C#N)=C(\N[C@@H](C)c1ccc(F)cc1)SC. The fourth-order valence-electron chi connectivity index (χ4n) is 1.86. The van der Waals surface area contributed by atoms with Gasteiger partial charge in [-0.2, -0.15) is 5.26 Å². The van der Waals surface area contributed by atoms with Gasteiger partial charge in [0, 0.05) is 12.6 Å². The van der Waals surface area contributed by atoms with E-state index in [1.54, 1.807) is 18.4 Å². The van der Waals surface area contributed by atoms with Crippen molar-refractivity contribution in [2.75, 3.05) is 26.1 Å². The maximum absolute atomic E-state index is 13.0. The minimum absolute atomic E-state index is 0.0899. The second-order valence-corrected chi connectivity index (χ2v) is 5.59. The van der Waals surface area contributed by atoms with Crippen LogP contribution >= 0.6 is 11.8 Å². The highest BCUT2D eigenvalue weighted by molar-refractivity contribution is 8.02. The van der Waals surface area contributed by atoms with E-state index in [9.17, 15) is 14.4 Å². The Balaban J connectivity index is 2.81. The number of ether oxygens (including phenoxy) is 2. The largest absolute Gasteiger partial charge is 0.459 e. The number of nitrogens with zero attached hydrogens (tertiary/aromatic N) is 1. The molecule has 5 nitrogen and oxygen atoms in total. The minimum Gasteiger partial charge on any atom is -0.459 e. The summed E-state index contributed by atoms with van der Waals surface area (Å²) in [5.74, 6) is -1.01. The smallest absolute Gasteiger partial charge is 0.351 e. The second-order valence-electron chi connectivity index (χ2n) is 4.77. The van der Waals surface area contributed by atoms with Crippen molar-refractivity contribution in [2.24, 2.45) is 0 Å². The molecule has 7 heteroatoms. The number of carbonyl (C=O) groups excluding carboxylic acids is 1. The van der Waals surface area contributed by atoms with Crippen molar-refractivity contribution in [1.82, 2.24) is 5.32 Å². The maximum Gasteiger partial charge on any atom is 0.351 e. The Bertz CT molecular complexity index is 611. The van der Waals surface area contributed by atoms with Crippen LogP contribution in [-0.4, -0.2) is 32.0 Å². The van der Waals surface area contributed by atoms with Gasteiger partial charge in [-0.3, -0.25) is 0 Å². The molecule has 0 saturated heterocycles. The van der Waals surface area contributed by atoms with E-state index in [4.69, 9.17) is 9.47 Å².